The molecule has 4 heteroatoms. The molecule has 0 atom stereocenters. The average molecular weight is 568 g/mol. The van der Waals surface area contributed by atoms with E-state index in [0.29, 0.717) is 5.56 Å². The minimum absolute atomic E-state index is 0.574. The van der Waals surface area contributed by atoms with Gasteiger partial charge in [-0.15, -0.1) is 0 Å². The number of amidine groups is 1. The van der Waals surface area contributed by atoms with E-state index >= 15 is 0 Å². The van der Waals surface area contributed by atoms with E-state index in [2.05, 4.69) is 144 Å². The van der Waals surface area contributed by atoms with Gasteiger partial charge in [-0.3, -0.25) is 4.31 Å². The maximum atomic E-state index is 9.92. The van der Waals surface area contributed by atoms with Crippen molar-refractivity contribution < 1.29 is 0 Å². The number of hydrogen-bond acceptors (Lipinski definition) is 4. The van der Waals surface area contributed by atoms with Crippen molar-refractivity contribution in [2.45, 2.75) is 10.3 Å². The minimum Gasteiger partial charge on any atom is -0.271 e. The summed E-state index contributed by atoms with van der Waals surface area (Å²) in [6.07, 6.45) is 6.38. The van der Waals surface area contributed by atoms with Crippen LogP contribution in [0.25, 0.3) is 22.4 Å². The molecule has 202 valence electrons. The maximum absolute atomic E-state index is 9.92. The molecule has 0 N–H and O–H groups in total. The molecule has 8 rings (SSSR count). The van der Waals surface area contributed by atoms with Crippen LogP contribution < -0.4 is 0 Å². The van der Waals surface area contributed by atoms with Crippen LogP contribution in [0.1, 0.15) is 38.9 Å². The van der Waals surface area contributed by atoms with E-state index in [1.807, 2.05) is 12.1 Å². The number of nitriles is 1. The van der Waals surface area contributed by atoms with Crippen molar-refractivity contribution in [3.63, 3.8) is 0 Å². The fourth-order valence-corrected chi connectivity index (χ4v) is 7.63. The normalized spacial score (nSPS) is 15.7. The van der Waals surface area contributed by atoms with Gasteiger partial charge in [-0.05, 0) is 92.9 Å². The lowest BCUT2D eigenvalue weighted by Gasteiger charge is -2.34. The zero-order valence-corrected chi connectivity index (χ0v) is 24.1. The number of hydrogen-bond donors (Lipinski definition) is 0. The fraction of sp³-hybridized carbons (Fsp3) is 0.0256. The second-order valence-electron chi connectivity index (χ2n) is 10.9. The Morgan fingerprint density at radius 2 is 1.35 bits per heavy atom. The maximum Gasteiger partial charge on any atom is 0.143 e. The molecule has 0 fully saturated rings. The molecule has 1 aliphatic carbocycles. The highest BCUT2D eigenvalue weighted by molar-refractivity contribution is 7.97. The highest BCUT2D eigenvalue weighted by Crippen LogP contribution is 2.56. The summed E-state index contributed by atoms with van der Waals surface area (Å²) in [5.74, 6) is 0.857. The van der Waals surface area contributed by atoms with Crippen molar-refractivity contribution in [2.24, 2.45) is 4.99 Å². The third kappa shape index (κ3) is 3.86. The van der Waals surface area contributed by atoms with Gasteiger partial charge in [-0.25, -0.2) is 4.99 Å². The molecular formula is C39H25N3S. The van der Waals surface area contributed by atoms with Crippen LogP contribution in [0, 0.1) is 11.3 Å². The first-order valence-corrected chi connectivity index (χ1v) is 15.0. The summed E-state index contributed by atoms with van der Waals surface area (Å²) in [4.78, 5) is 5.97. The number of nitrogens with zero attached hydrogens (tertiary/aromatic N) is 3. The average Bonchev–Trinajstić information content (AvgIpc) is 3.27. The summed E-state index contributed by atoms with van der Waals surface area (Å²) < 4.78 is 2.13. The molecule has 5 aromatic carbocycles. The lowest BCUT2D eigenvalue weighted by atomic mass is 9.67. The van der Waals surface area contributed by atoms with Gasteiger partial charge in [0, 0.05) is 16.7 Å². The van der Waals surface area contributed by atoms with E-state index in [1.165, 1.54) is 22.3 Å². The molecule has 3 nitrogen and oxygen atoms in total. The third-order valence-corrected chi connectivity index (χ3v) is 9.59. The molecule has 0 radical (unpaired) electrons. The lowest BCUT2D eigenvalue weighted by Crippen LogP contribution is -2.28. The SMILES string of the molecule is C=C1N=C2C=CC(c3ccc4c(c3)C(c3ccccc3)(c3ccccc3)c3cc(C#N)ccc3-4)=CN2Sc2ccccc21. The van der Waals surface area contributed by atoms with Crippen molar-refractivity contribution >= 4 is 29.1 Å². The molecule has 2 aliphatic heterocycles. The van der Waals surface area contributed by atoms with E-state index in [4.69, 9.17) is 4.99 Å². The van der Waals surface area contributed by atoms with E-state index < -0.39 is 5.41 Å². The van der Waals surface area contributed by atoms with Crippen LogP contribution in [0.3, 0.4) is 0 Å². The molecule has 3 aliphatic rings. The number of aliphatic imine (C=N–C) groups is 1. The Morgan fingerprint density at radius 3 is 2.07 bits per heavy atom. The van der Waals surface area contributed by atoms with Crippen LogP contribution in [0.15, 0.2) is 156 Å². The molecular weight excluding hydrogens is 543 g/mol. The highest BCUT2D eigenvalue weighted by atomic mass is 32.2. The van der Waals surface area contributed by atoms with Crippen LogP contribution in [0.2, 0.25) is 0 Å². The predicted molar refractivity (Wildman–Crippen MR) is 176 cm³/mol. The molecule has 0 saturated heterocycles. The van der Waals surface area contributed by atoms with E-state index in [9.17, 15) is 5.26 Å². The smallest absolute Gasteiger partial charge is 0.143 e. The van der Waals surface area contributed by atoms with Crippen molar-refractivity contribution in [1.82, 2.24) is 4.31 Å². The zero-order chi connectivity index (χ0) is 29.0. The molecule has 43 heavy (non-hydrogen) atoms. The standard InChI is InChI=1S/C39H25N3S/c1-26-32-14-8-9-15-37(32)43-42-25-29(18-21-38(42)41-26)28-17-20-34-33-19-16-27(24-40)22-35(33)39(36(34)23-28,30-10-4-2-5-11-30)31-12-6-3-7-13-31/h2-23,25H,1H2. The van der Waals surface area contributed by atoms with Crippen LogP contribution in [-0.4, -0.2) is 10.1 Å². The first kappa shape index (κ1) is 25.3. The monoisotopic (exact) mass is 567 g/mol. The Labute approximate surface area is 255 Å². The van der Waals surface area contributed by atoms with Crippen molar-refractivity contribution in [2.75, 3.05) is 0 Å². The van der Waals surface area contributed by atoms with Gasteiger partial charge in [0.05, 0.1) is 22.7 Å². The van der Waals surface area contributed by atoms with Gasteiger partial charge >= 0.3 is 0 Å². The predicted octanol–water partition coefficient (Wildman–Crippen LogP) is 9.22. The lowest BCUT2D eigenvalue weighted by molar-refractivity contribution is 0.767. The van der Waals surface area contributed by atoms with Gasteiger partial charge in [0.1, 0.15) is 5.84 Å². The number of allylic oxidation sites excluding steroid dienone is 2. The number of fused-ring (bicyclic) bond motifs is 5. The van der Waals surface area contributed by atoms with E-state index in [0.717, 1.165) is 44.3 Å². The van der Waals surface area contributed by atoms with Crippen LogP contribution in [0.5, 0.6) is 0 Å². The Kier molecular flexibility index (Phi) is 5.82. The molecule has 0 bridgehead atoms. The van der Waals surface area contributed by atoms with Crippen LogP contribution in [-0.2, 0) is 5.41 Å². The van der Waals surface area contributed by atoms with E-state index in [1.54, 1.807) is 11.9 Å². The van der Waals surface area contributed by atoms with Gasteiger partial charge < -0.3 is 0 Å². The van der Waals surface area contributed by atoms with Gasteiger partial charge in [-0.2, -0.15) is 5.26 Å². The summed E-state index contributed by atoms with van der Waals surface area (Å²) >= 11 is 1.66. The Morgan fingerprint density at radius 1 is 0.698 bits per heavy atom. The Hall–Kier alpha value is -5.37. The molecule has 0 saturated carbocycles. The summed E-state index contributed by atoms with van der Waals surface area (Å²) in [7, 11) is 0. The molecule has 0 spiro atoms. The molecule has 5 aromatic rings. The summed E-state index contributed by atoms with van der Waals surface area (Å²) in [5.41, 5.74) is 11.2. The quantitative estimate of drug-likeness (QED) is 0.200. The molecule has 2 heterocycles. The second kappa shape index (κ2) is 9.87. The zero-order valence-electron chi connectivity index (χ0n) is 23.2. The summed E-state index contributed by atoms with van der Waals surface area (Å²) in [6, 6.07) is 44.9. The molecule has 0 amide bonds. The molecule has 0 aromatic heterocycles. The van der Waals surface area contributed by atoms with Gasteiger partial charge in [0.2, 0.25) is 0 Å². The van der Waals surface area contributed by atoms with Crippen molar-refractivity contribution in [3.8, 4) is 17.2 Å². The largest absolute Gasteiger partial charge is 0.271 e. The van der Waals surface area contributed by atoms with Gasteiger partial charge in [0.15, 0.2) is 0 Å². The topological polar surface area (TPSA) is 39.4 Å². The number of rotatable bonds is 3. The van der Waals surface area contributed by atoms with Crippen LogP contribution in [0.4, 0.5) is 0 Å². The van der Waals surface area contributed by atoms with Crippen molar-refractivity contribution in [3.05, 3.63) is 185 Å². The fourth-order valence-electron chi connectivity index (χ4n) is 6.63. The van der Waals surface area contributed by atoms with Crippen molar-refractivity contribution in [1.29, 1.82) is 5.26 Å². The first-order chi connectivity index (χ1) is 21.2. The van der Waals surface area contributed by atoms with E-state index in [-0.39, 0.29) is 0 Å². The Balaban J connectivity index is 1.34. The molecule has 0 unspecified atom stereocenters. The summed E-state index contributed by atoms with van der Waals surface area (Å²) in [6.45, 7) is 4.23. The minimum atomic E-state index is -0.574. The van der Waals surface area contributed by atoms with Gasteiger partial charge in [-0.1, -0.05) is 104 Å². The second-order valence-corrected chi connectivity index (χ2v) is 11.9. The van der Waals surface area contributed by atoms with Crippen LogP contribution >= 0.6 is 11.9 Å². The Bertz CT molecular complexity index is 2040. The highest BCUT2D eigenvalue weighted by Gasteiger charge is 2.46. The number of benzene rings is 5. The first-order valence-electron chi connectivity index (χ1n) is 14.2. The van der Waals surface area contributed by atoms with Gasteiger partial charge in [0.25, 0.3) is 0 Å². The summed E-state index contributed by atoms with van der Waals surface area (Å²) in [5, 5.41) is 9.92. The third-order valence-electron chi connectivity index (χ3n) is 8.55.